The zero-order valence-electron chi connectivity index (χ0n) is 15.5. The van der Waals surface area contributed by atoms with Crippen LogP contribution >= 0.6 is 11.3 Å². The van der Waals surface area contributed by atoms with Crippen molar-refractivity contribution in [2.24, 2.45) is 0 Å². The summed E-state index contributed by atoms with van der Waals surface area (Å²) >= 11 is 1.78. The molecule has 3 rings (SSSR count). The van der Waals surface area contributed by atoms with Gasteiger partial charge in [0.2, 0.25) is 5.91 Å². The van der Waals surface area contributed by atoms with Crippen LogP contribution in [0.5, 0.6) is 5.75 Å². The molecular weight excluding hydrogens is 351 g/mol. The summed E-state index contributed by atoms with van der Waals surface area (Å²) in [7, 11) is 3.34. The highest BCUT2D eigenvalue weighted by molar-refractivity contribution is 7.10. The molecule has 6 heteroatoms. The number of thiophene rings is 1. The largest absolute Gasteiger partial charge is 0.494 e. The number of carbonyl (C=O) groups is 1. The lowest BCUT2D eigenvalue weighted by Gasteiger charge is -2.36. The van der Waals surface area contributed by atoms with E-state index in [0.717, 1.165) is 24.9 Å². The number of likely N-dealkylation sites (N-methyl/N-ethyl adjacent to an activating group) is 1. The third-order valence-corrected chi connectivity index (χ3v) is 5.87. The Labute approximate surface area is 158 Å². The van der Waals surface area contributed by atoms with Crippen molar-refractivity contribution in [3.63, 3.8) is 0 Å². The number of hydrogen-bond acceptors (Lipinski definition) is 4. The summed E-state index contributed by atoms with van der Waals surface area (Å²) in [4.78, 5) is 18.2. The van der Waals surface area contributed by atoms with Crippen molar-refractivity contribution in [1.29, 1.82) is 0 Å². The van der Waals surface area contributed by atoms with E-state index in [4.69, 9.17) is 4.74 Å². The predicted octanol–water partition coefficient (Wildman–Crippen LogP) is 3.86. The molecule has 4 nitrogen and oxygen atoms in total. The van der Waals surface area contributed by atoms with Crippen molar-refractivity contribution < 1.29 is 13.9 Å². The Morgan fingerprint density at radius 3 is 2.92 bits per heavy atom. The number of amides is 1. The molecular formula is C20H25FN2O2S. The van der Waals surface area contributed by atoms with Crippen molar-refractivity contribution in [2.75, 3.05) is 27.2 Å². The lowest BCUT2D eigenvalue weighted by atomic mass is 9.97. The molecule has 0 bridgehead atoms. The molecule has 0 spiro atoms. The Morgan fingerprint density at radius 2 is 2.23 bits per heavy atom. The number of carbonyl (C=O) groups excluding carboxylic acids is 1. The first kappa shape index (κ1) is 18.9. The van der Waals surface area contributed by atoms with E-state index in [1.54, 1.807) is 17.4 Å². The first-order chi connectivity index (χ1) is 12.5. The van der Waals surface area contributed by atoms with E-state index in [9.17, 15) is 9.18 Å². The SMILES string of the molecule is CCC1c2ccsc2CCN1C(=O)CN(C)Cc1ccc(OC)c(F)c1. The maximum absolute atomic E-state index is 13.8. The van der Waals surface area contributed by atoms with Crippen molar-refractivity contribution in [1.82, 2.24) is 9.80 Å². The molecule has 0 radical (unpaired) electrons. The normalized spacial score (nSPS) is 16.7. The van der Waals surface area contributed by atoms with E-state index in [1.165, 1.54) is 23.6 Å². The first-order valence-corrected chi connectivity index (χ1v) is 9.78. The molecule has 1 unspecified atom stereocenters. The van der Waals surface area contributed by atoms with E-state index in [0.29, 0.717) is 13.1 Å². The molecule has 0 N–H and O–H groups in total. The lowest BCUT2D eigenvalue weighted by molar-refractivity contribution is -0.135. The fraction of sp³-hybridized carbons (Fsp3) is 0.450. The second kappa shape index (κ2) is 8.18. The van der Waals surface area contributed by atoms with Crippen molar-refractivity contribution in [3.8, 4) is 5.75 Å². The molecule has 1 atom stereocenters. The number of hydrogen-bond donors (Lipinski definition) is 0. The predicted molar refractivity (Wildman–Crippen MR) is 102 cm³/mol. The monoisotopic (exact) mass is 376 g/mol. The van der Waals surface area contributed by atoms with Crippen LogP contribution in [0.4, 0.5) is 4.39 Å². The van der Waals surface area contributed by atoms with Gasteiger partial charge in [-0.15, -0.1) is 11.3 Å². The topological polar surface area (TPSA) is 32.8 Å². The highest BCUT2D eigenvalue weighted by Gasteiger charge is 2.30. The molecule has 2 aromatic rings. The van der Waals surface area contributed by atoms with Crippen LogP contribution in [0, 0.1) is 5.82 Å². The second-order valence-electron chi connectivity index (χ2n) is 6.70. The van der Waals surface area contributed by atoms with Crippen molar-refractivity contribution in [3.05, 3.63) is 51.5 Å². The van der Waals surface area contributed by atoms with Crippen LogP contribution in [0.1, 0.15) is 35.4 Å². The smallest absolute Gasteiger partial charge is 0.237 e. The molecule has 0 aliphatic carbocycles. The highest BCUT2D eigenvalue weighted by Crippen LogP contribution is 2.35. The van der Waals surface area contributed by atoms with Gasteiger partial charge in [0, 0.05) is 18.0 Å². The summed E-state index contributed by atoms with van der Waals surface area (Å²) in [6, 6.07) is 7.24. The van der Waals surface area contributed by atoms with Crippen LogP contribution in [0.2, 0.25) is 0 Å². The molecule has 0 fully saturated rings. The van der Waals surface area contributed by atoms with Crippen LogP contribution in [-0.4, -0.2) is 43.0 Å². The Morgan fingerprint density at radius 1 is 1.42 bits per heavy atom. The number of ether oxygens (including phenoxy) is 1. The summed E-state index contributed by atoms with van der Waals surface area (Å²) in [6.45, 7) is 3.74. The van der Waals surface area contributed by atoms with E-state index in [2.05, 4.69) is 18.4 Å². The van der Waals surface area contributed by atoms with Crippen LogP contribution in [0.3, 0.4) is 0 Å². The van der Waals surface area contributed by atoms with Gasteiger partial charge >= 0.3 is 0 Å². The number of halogens is 1. The van der Waals surface area contributed by atoms with Crippen LogP contribution in [-0.2, 0) is 17.8 Å². The summed E-state index contributed by atoms with van der Waals surface area (Å²) in [5.41, 5.74) is 2.13. The van der Waals surface area contributed by atoms with Gasteiger partial charge in [-0.1, -0.05) is 13.0 Å². The first-order valence-electron chi connectivity index (χ1n) is 8.90. The fourth-order valence-corrected chi connectivity index (χ4v) is 4.56. The molecule has 1 amide bonds. The minimum absolute atomic E-state index is 0.130. The standard InChI is InChI=1S/C20H25FN2O2S/c1-4-17-15-8-10-26-19(15)7-9-23(17)20(24)13-22(2)12-14-5-6-18(25-3)16(21)11-14/h5-6,8,10-11,17H,4,7,9,12-13H2,1-3H3. The van der Waals surface area contributed by atoms with Crippen molar-refractivity contribution >= 4 is 17.2 Å². The number of methoxy groups -OCH3 is 1. The Balaban J connectivity index is 1.63. The minimum Gasteiger partial charge on any atom is -0.494 e. The quantitative estimate of drug-likeness (QED) is 0.767. The van der Waals surface area contributed by atoms with Gasteiger partial charge in [0.25, 0.3) is 0 Å². The molecule has 1 aromatic heterocycles. The van der Waals surface area contributed by atoms with E-state index in [1.807, 2.05) is 22.9 Å². The van der Waals surface area contributed by atoms with E-state index in [-0.39, 0.29) is 23.5 Å². The zero-order chi connectivity index (χ0) is 18.7. The van der Waals surface area contributed by atoms with Gasteiger partial charge < -0.3 is 9.64 Å². The second-order valence-corrected chi connectivity index (χ2v) is 7.70. The third kappa shape index (κ3) is 3.91. The number of nitrogens with zero attached hydrogens (tertiary/aromatic N) is 2. The van der Waals surface area contributed by atoms with Crippen LogP contribution in [0.25, 0.3) is 0 Å². The van der Waals surface area contributed by atoms with E-state index < -0.39 is 0 Å². The van der Waals surface area contributed by atoms with Gasteiger partial charge in [-0.2, -0.15) is 0 Å². The van der Waals surface area contributed by atoms with Gasteiger partial charge in [-0.3, -0.25) is 9.69 Å². The van der Waals surface area contributed by atoms with Gasteiger partial charge in [0.1, 0.15) is 0 Å². The van der Waals surface area contributed by atoms with Crippen LogP contribution < -0.4 is 4.74 Å². The minimum atomic E-state index is -0.378. The van der Waals surface area contributed by atoms with Gasteiger partial charge in [0.15, 0.2) is 11.6 Å². The molecule has 1 aliphatic rings. The third-order valence-electron chi connectivity index (χ3n) is 4.88. The summed E-state index contributed by atoms with van der Waals surface area (Å²) in [6.07, 6.45) is 1.85. The zero-order valence-corrected chi connectivity index (χ0v) is 16.3. The Hall–Kier alpha value is -1.92. The average Bonchev–Trinajstić information content (AvgIpc) is 3.09. The maximum atomic E-state index is 13.8. The highest BCUT2D eigenvalue weighted by atomic mass is 32.1. The van der Waals surface area contributed by atoms with Crippen molar-refractivity contribution in [2.45, 2.75) is 32.4 Å². The summed E-state index contributed by atoms with van der Waals surface area (Å²) in [5, 5.41) is 2.12. The molecule has 0 saturated carbocycles. The Bertz CT molecular complexity index is 777. The Kier molecular flexibility index (Phi) is 5.94. The van der Waals surface area contributed by atoms with E-state index >= 15 is 0 Å². The summed E-state index contributed by atoms with van der Waals surface area (Å²) < 4.78 is 18.8. The number of fused-ring (bicyclic) bond motifs is 1. The molecule has 2 heterocycles. The molecule has 26 heavy (non-hydrogen) atoms. The molecule has 140 valence electrons. The fourth-order valence-electron chi connectivity index (χ4n) is 3.63. The van der Waals surface area contributed by atoms with Gasteiger partial charge in [0.05, 0.1) is 19.7 Å². The maximum Gasteiger partial charge on any atom is 0.237 e. The molecule has 1 aromatic carbocycles. The molecule has 0 saturated heterocycles. The summed E-state index contributed by atoms with van der Waals surface area (Å²) in [5.74, 6) is -0.0138. The average molecular weight is 376 g/mol. The van der Waals surface area contributed by atoms with Gasteiger partial charge in [-0.05, 0) is 54.6 Å². The van der Waals surface area contributed by atoms with Gasteiger partial charge in [-0.25, -0.2) is 4.39 Å². The number of rotatable bonds is 6. The molecule has 1 aliphatic heterocycles. The van der Waals surface area contributed by atoms with Crippen LogP contribution in [0.15, 0.2) is 29.6 Å². The number of benzene rings is 1. The lowest BCUT2D eigenvalue weighted by Crippen LogP contribution is -2.44.